The van der Waals surface area contributed by atoms with Gasteiger partial charge in [-0.15, -0.1) is 0 Å². The third kappa shape index (κ3) is 5.84. The number of piperidine rings is 1. The van der Waals surface area contributed by atoms with Crippen molar-refractivity contribution in [2.75, 3.05) is 29.8 Å². The maximum Gasteiger partial charge on any atom is 0.263 e. The van der Waals surface area contributed by atoms with Crippen LogP contribution in [0.1, 0.15) is 83.9 Å². The molecule has 258 valence electrons. The second-order valence-corrected chi connectivity index (χ2v) is 16.9. The van der Waals surface area contributed by atoms with E-state index < -0.39 is 15.4 Å². The van der Waals surface area contributed by atoms with Gasteiger partial charge in [-0.25, -0.2) is 13.4 Å². The SMILES string of the molecule is Cc1ccc(S(=O)(=O)Nc2cc(-c3ccc4ncc5c(c4c3)C3(CCC3)C(=O)N5C)cnc2OCCCN2C(C)(C)CCCC2(C)C)cn1. The van der Waals surface area contributed by atoms with Gasteiger partial charge in [-0.3, -0.25) is 24.4 Å². The van der Waals surface area contributed by atoms with Crippen LogP contribution in [0.25, 0.3) is 22.0 Å². The number of amides is 1. The molecule has 1 saturated heterocycles. The summed E-state index contributed by atoms with van der Waals surface area (Å²) in [6.07, 6.45) is 11.8. The molecule has 0 unspecified atom stereocenters. The van der Waals surface area contributed by atoms with Crippen LogP contribution in [-0.4, -0.2) is 65.5 Å². The molecule has 3 aliphatic rings. The Morgan fingerprint density at radius 1 is 0.878 bits per heavy atom. The van der Waals surface area contributed by atoms with E-state index >= 15 is 0 Å². The lowest BCUT2D eigenvalue weighted by Crippen LogP contribution is -2.58. The number of likely N-dealkylation sites (N-methyl/N-ethyl adjacent to an activating group) is 1. The maximum atomic E-state index is 13.6. The Morgan fingerprint density at radius 2 is 1.61 bits per heavy atom. The summed E-state index contributed by atoms with van der Waals surface area (Å²) in [5, 5.41) is 0.934. The van der Waals surface area contributed by atoms with Gasteiger partial charge in [0, 0.05) is 59.3 Å². The second-order valence-electron chi connectivity index (χ2n) is 15.2. The molecule has 1 saturated carbocycles. The van der Waals surface area contributed by atoms with Crippen LogP contribution in [0.3, 0.4) is 0 Å². The number of fused-ring (bicyclic) bond motifs is 4. The second kappa shape index (κ2) is 12.1. The highest BCUT2D eigenvalue weighted by molar-refractivity contribution is 7.92. The molecule has 1 spiro atoms. The van der Waals surface area contributed by atoms with E-state index in [4.69, 9.17) is 4.74 Å². The number of nitrogens with one attached hydrogen (secondary N) is 1. The van der Waals surface area contributed by atoms with Crippen molar-refractivity contribution in [1.29, 1.82) is 0 Å². The van der Waals surface area contributed by atoms with Gasteiger partial charge in [-0.05, 0) is 109 Å². The number of pyridine rings is 3. The van der Waals surface area contributed by atoms with Crippen LogP contribution in [0.2, 0.25) is 0 Å². The summed E-state index contributed by atoms with van der Waals surface area (Å²) in [4.78, 5) is 31.3. The number of likely N-dealkylation sites (tertiary alicyclic amines) is 1. The van der Waals surface area contributed by atoms with E-state index in [1.807, 2.05) is 26.1 Å². The topological polar surface area (TPSA) is 118 Å². The Hall–Kier alpha value is -4.09. The fraction of sp³-hybridized carbons (Fsp3) is 0.474. The highest BCUT2D eigenvalue weighted by Crippen LogP contribution is 2.55. The van der Waals surface area contributed by atoms with Crippen LogP contribution in [-0.2, 0) is 20.2 Å². The van der Waals surface area contributed by atoms with Crippen LogP contribution < -0.4 is 14.4 Å². The monoisotopic (exact) mass is 682 g/mol. The minimum absolute atomic E-state index is 0.0518. The first-order chi connectivity index (χ1) is 23.2. The average Bonchev–Trinajstić information content (AvgIpc) is 3.27. The number of sulfonamides is 1. The highest BCUT2D eigenvalue weighted by atomic mass is 32.2. The normalized spacial score (nSPS) is 19.6. The standard InChI is InChI=1S/C38H46N6O4S/c1-25-10-12-28(23-39-25)49(46,47)42-31-21-27(22-41-34(31)48-19-9-18-44-36(2,3)14-7-15-37(44,4)5)26-11-13-30-29(20-26)33-32(24-40-30)43(6)35(45)38(33)16-8-17-38/h10-13,20-24,42H,7-9,14-19H2,1-6H3. The fourth-order valence-electron chi connectivity index (χ4n) is 8.31. The van der Waals surface area contributed by atoms with Crippen molar-refractivity contribution in [3.05, 3.63) is 66.2 Å². The molecule has 0 atom stereocenters. The lowest BCUT2D eigenvalue weighted by molar-refractivity contribution is -0.125. The first-order valence-electron chi connectivity index (χ1n) is 17.3. The number of aromatic nitrogens is 3. The number of carbonyl (C=O) groups is 1. The molecule has 7 rings (SSSR count). The summed E-state index contributed by atoms with van der Waals surface area (Å²) >= 11 is 0. The van der Waals surface area contributed by atoms with E-state index in [2.05, 4.69) is 58.3 Å². The Bertz CT molecular complexity index is 2020. The smallest absolute Gasteiger partial charge is 0.263 e. The van der Waals surface area contributed by atoms with E-state index in [1.165, 1.54) is 18.7 Å². The van der Waals surface area contributed by atoms with Gasteiger partial charge in [0.25, 0.3) is 10.0 Å². The maximum absolute atomic E-state index is 13.6. The number of benzene rings is 1. The first kappa shape index (κ1) is 33.4. The Balaban J connectivity index is 1.21. The Morgan fingerprint density at radius 3 is 2.29 bits per heavy atom. The highest BCUT2D eigenvalue weighted by Gasteiger charge is 2.54. The molecule has 3 aromatic heterocycles. The molecule has 2 fully saturated rings. The Kier molecular flexibility index (Phi) is 8.22. The van der Waals surface area contributed by atoms with Crippen molar-refractivity contribution in [2.45, 2.75) is 101 Å². The van der Waals surface area contributed by atoms with E-state index in [9.17, 15) is 13.2 Å². The van der Waals surface area contributed by atoms with Crippen molar-refractivity contribution in [3.63, 3.8) is 0 Å². The average molecular weight is 683 g/mol. The first-order valence-corrected chi connectivity index (χ1v) is 18.8. The summed E-state index contributed by atoms with van der Waals surface area (Å²) < 4.78 is 36.1. The van der Waals surface area contributed by atoms with Gasteiger partial charge in [0.05, 0.1) is 29.4 Å². The molecule has 1 aromatic carbocycles. The number of rotatable bonds is 9. The van der Waals surface area contributed by atoms with Crippen molar-refractivity contribution in [3.8, 4) is 17.0 Å². The van der Waals surface area contributed by atoms with E-state index in [0.717, 1.165) is 78.5 Å². The van der Waals surface area contributed by atoms with Gasteiger partial charge < -0.3 is 9.64 Å². The lowest BCUT2D eigenvalue weighted by Gasteiger charge is -2.53. The molecule has 4 aromatic rings. The molecule has 1 N–H and O–H groups in total. The molecule has 1 aliphatic carbocycles. The number of ether oxygens (including phenoxy) is 1. The fourth-order valence-corrected chi connectivity index (χ4v) is 9.30. The zero-order chi connectivity index (χ0) is 34.8. The number of carbonyl (C=O) groups excluding carboxylic acids is 1. The van der Waals surface area contributed by atoms with Gasteiger partial charge in [0.1, 0.15) is 10.6 Å². The minimum atomic E-state index is -3.99. The molecule has 1 amide bonds. The number of anilines is 2. The molecule has 0 radical (unpaired) electrons. The lowest BCUT2D eigenvalue weighted by atomic mass is 9.64. The summed E-state index contributed by atoms with van der Waals surface area (Å²) in [6.45, 7) is 12.3. The predicted molar refractivity (Wildman–Crippen MR) is 193 cm³/mol. The van der Waals surface area contributed by atoms with Gasteiger partial charge in [-0.1, -0.05) is 12.5 Å². The quantitative estimate of drug-likeness (QED) is 0.187. The van der Waals surface area contributed by atoms with Gasteiger partial charge in [-0.2, -0.15) is 0 Å². The van der Waals surface area contributed by atoms with Gasteiger partial charge >= 0.3 is 0 Å². The summed E-state index contributed by atoms with van der Waals surface area (Å²) in [5.41, 5.74) is 4.93. The third-order valence-corrected chi connectivity index (χ3v) is 12.4. The number of aryl methyl sites for hydroxylation is 1. The van der Waals surface area contributed by atoms with E-state index in [-0.39, 0.29) is 33.4 Å². The molecule has 10 nitrogen and oxygen atoms in total. The molecular weight excluding hydrogens is 637 g/mol. The van der Waals surface area contributed by atoms with Crippen molar-refractivity contribution < 1.29 is 17.9 Å². The number of hydrogen-bond donors (Lipinski definition) is 1. The van der Waals surface area contributed by atoms with Crippen molar-refractivity contribution in [2.24, 2.45) is 0 Å². The minimum Gasteiger partial charge on any atom is -0.476 e. The molecule has 11 heteroatoms. The predicted octanol–water partition coefficient (Wildman–Crippen LogP) is 7.01. The summed E-state index contributed by atoms with van der Waals surface area (Å²) in [7, 11) is -2.17. The zero-order valence-electron chi connectivity index (χ0n) is 29.3. The van der Waals surface area contributed by atoms with Gasteiger partial charge in [0.15, 0.2) is 0 Å². The van der Waals surface area contributed by atoms with Crippen LogP contribution in [0.5, 0.6) is 5.88 Å². The molecule has 5 heterocycles. The molecular formula is C38H46N6O4S. The summed E-state index contributed by atoms with van der Waals surface area (Å²) in [6, 6.07) is 10.9. The van der Waals surface area contributed by atoms with Crippen LogP contribution in [0.15, 0.2) is 59.9 Å². The Labute approximate surface area is 289 Å². The summed E-state index contributed by atoms with van der Waals surface area (Å²) in [5.74, 6) is 0.347. The van der Waals surface area contributed by atoms with Crippen molar-refractivity contribution >= 4 is 38.2 Å². The molecule has 0 bridgehead atoms. The zero-order valence-corrected chi connectivity index (χ0v) is 30.2. The van der Waals surface area contributed by atoms with Gasteiger partial charge in [0.2, 0.25) is 11.8 Å². The number of nitrogens with zero attached hydrogens (tertiary/aromatic N) is 5. The van der Waals surface area contributed by atoms with Crippen LogP contribution in [0, 0.1) is 6.92 Å². The molecule has 49 heavy (non-hydrogen) atoms. The van der Waals surface area contributed by atoms with E-state index in [0.29, 0.717) is 12.2 Å². The van der Waals surface area contributed by atoms with Crippen LogP contribution >= 0.6 is 0 Å². The molecule has 2 aliphatic heterocycles. The van der Waals surface area contributed by atoms with Crippen molar-refractivity contribution in [1.82, 2.24) is 19.9 Å². The van der Waals surface area contributed by atoms with E-state index in [1.54, 1.807) is 29.4 Å². The third-order valence-electron chi connectivity index (χ3n) is 11.0. The van der Waals surface area contributed by atoms with Crippen LogP contribution in [0.4, 0.5) is 11.4 Å². The number of hydrogen-bond acceptors (Lipinski definition) is 8. The largest absolute Gasteiger partial charge is 0.476 e.